The molecule has 130 valence electrons. The predicted octanol–water partition coefficient (Wildman–Crippen LogP) is 4.48. The van der Waals surface area contributed by atoms with Crippen LogP contribution in [0.1, 0.15) is 52.9 Å². The Bertz CT molecular complexity index is 498. The molecular formula is C18H30O4Si. The topological polar surface area (TPSA) is 63.6 Å². The maximum Gasteiger partial charge on any atom is 0.303 e. The van der Waals surface area contributed by atoms with Crippen LogP contribution in [0.2, 0.25) is 18.1 Å². The summed E-state index contributed by atoms with van der Waals surface area (Å²) in [5.74, 6) is -0.596. The number of aliphatic carboxylic acids is 1. The number of allylic oxidation sites excluding steroid dienone is 3. The van der Waals surface area contributed by atoms with E-state index in [4.69, 9.17) is 9.53 Å². The largest absolute Gasteiger partial charge is 0.481 e. The maximum atomic E-state index is 12.1. The molecule has 0 saturated carbocycles. The number of carboxylic acids is 1. The molecule has 1 aliphatic rings. The number of hydrogen-bond acceptors (Lipinski definition) is 3. The van der Waals surface area contributed by atoms with Crippen molar-refractivity contribution in [3.05, 3.63) is 23.8 Å². The molecule has 1 aliphatic carbocycles. The minimum atomic E-state index is -1.86. The van der Waals surface area contributed by atoms with Crippen molar-refractivity contribution in [3.63, 3.8) is 0 Å². The minimum Gasteiger partial charge on any atom is -0.481 e. The SMILES string of the molecule is CC(C)(C)[Si](C)(C)OC1C=C(C/C=C\CCCC(=O)O)C(=O)C1. The number of unbranched alkanes of at least 4 members (excludes halogenated alkanes) is 1. The number of carboxylic acid groups (broad SMARTS) is 1. The minimum absolute atomic E-state index is 0.0844. The van der Waals surface area contributed by atoms with Crippen LogP contribution in [-0.2, 0) is 14.0 Å². The Morgan fingerprint density at radius 1 is 1.39 bits per heavy atom. The van der Waals surface area contributed by atoms with E-state index in [0.29, 0.717) is 19.3 Å². The van der Waals surface area contributed by atoms with Crippen molar-refractivity contribution in [2.75, 3.05) is 0 Å². The second-order valence-electron chi connectivity index (χ2n) is 7.70. The number of rotatable bonds is 8. The molecule has 1 N–H and O–H groups in total. The summed E-state index contributed by atoms with van der Waals surface area (Å²) in [4.78, 5) is 22.5. The zero-order chi connectivity index (χ0) is 17.7. The van der Waals surface area contributed by atoms with Crippen LogP contribution in [-0.4, -0.2) is 31.3 Å². The van der Waals surface area contributed by atoms with E-state index in [0.717, 1.165) is 12.0 Å². The third-order valence-corrected chi connectivity index (χ3v) is 9.15. The van der Waals surface area contributed by atoms with Crippen molar-refractivity contribution >= 4 is 20.1 Å². The van der Waals surface area contributed by atoms with Crippen LogP contribution in [0.25, 0.3) is 0 Å². The first-order chi connectivity index (χ1) is 10.5. The van der Waals surface area contributed by atoms with Gasteiger partial charge in [0.15, 0.2) is 14.1 Å². The van der Waals surface area contributed by atoms with E-state index < -0.39 is 14.3 Å². The van der Waals surface area contributed by atoms with Gasteiger partial charge in [-0.15, -0.1) is 0 Å². The van der Waals surface area contributed by atoms with Gasteiger partial charge in [0.25, 0.3) is 0 Å². The zero-order valence-corrected chi connectivity index (χ0v) is 16.0. The predicted molar refractivity (Wildman–Crippen MR) is 95.0 cm³/mol. The van der Waals surface area contributed by atoms with Gasteiger partial charge >= 0.3 is 5.97 Å². The van der Waals surface area contributed by atoms with Crippen molar-refractivity contribution < 1.29 is 19.1 Å². The highest BCUT2D eigenvalue weighted by molar-refractivity contribution is 6.74. The van der Waals surface area contributed by atoms with E-state index >= 15 is 0 Å². The van der Waals surface area contributed by atoms with Gasteiger partial charge in [-0.2, -0.15) is 0 Å². The summed E-state index contributed by atoms with van der Waals surface area (Å²) in [5, 5.41) is 8.70. The fourth-order valence-electron chi connectivity index (χ4n) is 2.20. The standard InChI is InChI=1S/C18H30O4Si/c1-18(2,3)23(4,5)22-15-12-14(16(19)13-15)10-8-6-7-9-11-17(20)21/h6,8,12,15H,7,9-11,13H2,1-5H3,(H,20,21)/b8-6-. The molecule has 0 fully saturated rings. The molecular weight excluding hydrogens is 308 g/mol. The van der Waals surface area contributed by atoms with Gasteiger partial charge < -0.3 is 9.53 Å². The van der Waals surface area contributed by atoms with E-state index in [9.17, 15) is 9.59 Å². The molecule has 0 heterocycles. The van der Waals surface area contributed by atoms with E-state index in [1.54, 1.807) is 0 Å². The van der Waals surface area contributed by atoms with Gasteiger partial charge in [-0.25, -0.2) is 0 Å². The quantitative estimate of drug-likeness (QED) is 0.403. The molecule has 0 aliphatic heterocycles. The molecule has 0 saturated heterocycles. The van der Waals surface area contributed by atoms with Crippen LogP contribution in [0.4, 0.5) is 0 Å². The molecule has 0 aromatic carbocycles. The van der Waals surface area contributed by atoms with Crippen LogP contribution in [0.15, 0.2) is 23.8 Å². The number of ketones is 1. The Morgan fingerprint density at radius 3 is 2.61 bits per heavy atom. The second-order valence-corrected chi connectivity index (χ2v) is 12.5. The molecule has 4 nitrogen and oxygen atoms in total. The summed E-state index contributed by atoms with van der Waals surface area (Å²) < 4.78 is 6.29. The summed E-state index contributed by atoms with van der Waals surface area (Å²) in [6.45, 7) is 11.0. The first-order valence-electron chi connectivity index (χ1n) is 8.31. The smallest absolute Gasteiger partial charge is 0.303 e. The van der Waals surface area contributed by atoms with Gasteiger partial charge in [0, 0.05) is 12.8 Å². The first kappa shape index (κ1) is 19.8. The van der Waals surface area contributed by atoms with Gasteiger partial charge in [-0.05, 0) is 49.0 Å². The van der Waals surface area contributed by atoms with E-state index in [1.807, 2.05) is 18.2 Å². The number of Topliss-reactive ketones (excluding diaryl/α,β-unsaturated/α-hetero) is 1. The normalized spacial score (nSPS) is 19.4. The number of carbonyl (C=O) groups excluding carboxylic acids is 1. The summed E-state index contributed by atoms with van der Waals surface area (Å²) in [7, 11) is -1.86. The van der Waals surface area contributed by atoms with Crippen LogP contribution in [0.3, 0.4) is 0 Å². The molecule has 0 amide bonds. The molecule has 1 rings (SSSR count). The molecule has 0 radical (unpaired) electrons. The Kier molecular flexibility index (Phi) is 6.95. The van der Waals surface area contributed by atoms with Gasteiger partial charge in [-0.3, -0.25) is 9.59 Å². The summed E-state index contributed by atoms with van der Waals surface area (Å²) in [6.07, 6.45) is 8.43. The molecule has 0 aromatic heterocycles. The van der Waals surface area contributed by atoms with Crippen molar-refractivity contribution in [2.45, 2.75) is 77.1 Å². The lowest BCUT2D eigenvalue weighted by Gasteiger charge is -2.37. The van der Waals surface area contributed by atoms with Crippen LogP contribution in [0, 0.1) is 0 Å². The number of carbonyl (C=O) groups is 2. The summed E-state index contributed by atoms with van der Waals surface area (Å²) in [5.41, 5.74) is 0.822. The first-order valence-corrected chi connectivity index (χ1v) is 11.2. The average Bonchev–Trinajstić information content (AvgIpc) is 2.71. The van der Waals surface area contributed by atoms with Crippen molar-refractivity contribution in [3.8, 4) is 0 Å². The summed E-state index contributed by atoms with van der Waals surface area (Å²) >= 11 is 0. The van der Waals surface area contributed by atoms with Gasteiger partial charge in [-0.1, -0.05) is 32.9 Å². The Morgan fingerprint density at radius 2 is 2.04 bits per heavy atom. The van der Waals surface area contributed by atoms with Crippen LogP contribution >= 0.6 is 0 Å². The third-order valence-electron chi connectivity index (χ3n) is 4.65. The van der Waals surface area contributed by atoms with Crippen LogP contribution < -0.4 is 0 Å². The van der Waals surface area contributed by atoms with Gasteiger partial charge in [0.05, 0.1) is 6.10 Å². The van der Waals surface area contributed by atoms with Crippen molar-refractivity contribution in [2.24, 2.45) is 0 Å². The lowest BCUT2D eigenvalue weighted by Crippen LogP contribution is -2.43. The Labute approximate surface area is 140 Å². The lowest BCUT2D eigenvalue weighted by molar-refractivity contribution is -0.137. The van der Waals surface area contributed by atoms with Crippen molar-refractivity contribution in [1.82, 2.24) is 0 Å². The molecule has 0 spiro atoms. The molecule has 5 heteroatoms. The van der Waals surface area contributed by atoms with Crippen molar-refractivity contribution in [1.29, 1.82) is 0 Å². The van der Waals surface area contributed by atoms with Gasteiger partial charge in [0.1, 0.15) is 0 Å². The highest BCUT2D eigenvalue weighted by atomic mass is 28.4. The monoisotopic (exact) mass is 338 g/mol. The van der Waals surface area contributed by atoms with Gasteiger partial charge in [0.2, 0.25) is 0 Å². The molecule has 0 bridgehead atoms. The lowest BCUT2D eigenvalue weighted by atomic mass is 10.1. The maximum absolute atomic E-state index is 12.1. The van der Waals surface area contributed by atoms with E-state index in [2.05, 4.69) is 33.9 Å². The Balaban J connectivity index is 2.50. The highest BCUT2D eigenvalue weighted by Gasteiger charge is 2.40. The second kappa shape index (κ2) is 8.06. The third kappa shape index (κ3) is 6.43. The zero-order valence-electron chi connectivity index (χ0n) is 15.0. The molecule has 1 unspecified atom stereocenters. The highest BCUT2D eigenvalue weighted by Crippen LogP contribution is 2.38. The molecule has 0 aromatic rings. The van der Waals surface area contributed by atoms with E-state index in [-0.39, 0.29) is 23.3 Å². The van der Waals surface area contributed by atoms with E-state index in [1.165, 1.54) is 0 Å². The fourth-order valence-corrected chi connectivity index (χ4v) is 3.46. The summed E-state index contributed by atoms with van der Waals surface area (Å²) in [6, 6.07) is 0. The average molecular weight is 339 g/mol. The number of hydrogen-bond donors (Lipinski definition) is 1. The fraction of sp³-hybridized carbons (Fsp3) is 0.667. The molecule has 23 heavy (non-hydrogen) atoms. The Hall–Kier alpha value is -1.20. The van der Waals surface area contributed by atoms with Crippen LogP contribution in [0.5, 0.6) is 0 Å². The molecule has 1 atom stereocenters.